The molecule has 0 heterocycles. The van der Waals surface area contributed by atoms with Gasteiger partial charge < -0.3 is 20.3 Å². The smallest absolute Gasteiger partial charge is 0.167 e. The van der Waals surface area contributed by atoms with Gasteiger partial charge in [-0.1, -0.05) is 10.3 Å². The highest BCUT2D eigenvalue weighted by atomic mass is 79.9. The molecule has 0 bridgehead atoms. The van der Waals surface area contributed by atoms with E-state index in [1.54, 1.807) is 0 Å². The monoisotopic (exact) mass is 288 g/mol. The number of benzene rings is 1. The highest BCUT2D eigenvalue weighted by Gasteiger charge is 2.14. The predicted molar refractivity (Wildman–Crippen MR) is 61.1 cm³/mol. The summed E-state index contributed by atoms with van der Waals surface area (Å²) >= 11 is 3.18. The van der Waals surface area contributed by atoms with Gasteiger partial charge in [0.2, 0.25) is 0 Å². The van der Waals surface area contributed by atoms with Crippen LogP contribution >= 0.6 is 15.9 Å². The molecule has 0 fully saturated rings. The molecule has 0 spiro atoms. The molecule has 0 unspecified atom stereocenters. The zero-order chi connectivity index (χ0) is 12.1. The van der Waals surface area contributed by atoms with Crippen LogP contribution in [0, 0.1) is 0 Å². The van der Waals surface area contributed by atoms with Crippen molar-refractivity contribution in [1.82, 2.24) is 0 Å². The van der Waals surface area contributed by atoms with Crippen molar-refractivity contribution in [2.45, 2.75) is 0 Å². The Labute approximate surface area is 99.6 Å². The Kier molecular flexibility index (Phi) is 4.12. The number of hydrogen-bond donors (Lipinski definition) is 3. The van der Waals surface area contributed by atoms with Crippen LogP contribution in [0.15, 0.2) is 20.9 Å². The van der Waals surface area contributed by atoms with Gasteiger partial charge in [-0.25, -0.2) is 0 Å². The predicted octanol–water partition coefficient (Wildman–Crippen LogP) is 1.78. The van der Waals surface area contributed by atoms with Gasteiger partial charge in [-0.2, -0.15) is 0 Å². The van der Waals surface area contributed by atoms with Crippen LogP contribution in [0.5, 0.6) is 11.5 Å². The van der Waals surface area contributed by atoms with Gasteiger partial charge in [0.25, 0.3) is 0 Å². The molecule has 0 saturated heterocycles. The van der Waals surface area contributed by atoms with E-state index in [2.05, 4.69) is 26.2 Å². The Balaban J connectivity index is 3.50. The Morgan fingerprint density at radius 3 is 2.44 bits per heavy atom. The Bertz CT molecular complexity index is 446. The van der Waals surface area contributed by atoms with Crippen LogP contribution in [0.2, 0.25) is 0 Å². The first-order valence-electron chi connectivity index (χ1n) is 4.10. The molecule has 0 aromatic heterocycles. The Hall–Kier alpha value is -1.76. The number of ether oxygens (including phenoxy) is 1. The summed E-state index contributed by atoms with van der Waals surface area (Å²) in [5, 5.41) is 32.4. The van der Waals surface area contributed by atoms with E-state index in [0.717, 1.165) is 12.4 Å². The summed E-state index contributed by atoms with van der Waals surface area (Å²) < 4.78 is 5.33. The highest BCUT2D eigenvalue weighted by Crippen LogP contribution is 2.36. The molecule has 86 valence electrons. The number of rotatable bonds is 3. The summed E-state index contributed by atoms with van der Waals surface area (Å²) in [6.07, 6.45) is 2.19. The van der Waals surface area contributed by atoms with E-state index in [1.807, 2.05) is 0 Å². The zero-order valence-electron chi connectivity index (χ0n) is 8.25. The number of halogens is 1. The Morgan fingerprint density at radius 1 is 1.31 bits per heavy atom. The number of aromatic hydroxyl groups is 1. The van der Waals surface area contributed by atoms with Crippen LogP contribution in [0.25, 0.3) is 0 Å². The summed E-state index contributed by atoms with van der Waals surface area (Å²) in [7, 11) is 1.38. The van der Waals surface area contributed by atoms with Crippen molar-refractivity contribution < 1.29 is 20.3 Å². The van der Waals surface area contributed by atoms with E-state index >= 15 is 0 Å². The minimum absolute atomic E-state index is 0.174. The second kappa shape index (κ2) is 5.36. The summed E-state index contributed by atoms with van der Waals surface area (Å²) in [5.41, 5.74) is 0.684. The molecule has 0 aliphatic carbocycles. The molecular formula is C9H9BrN2O4. The molecule has 16 heavy (non-hydrogen) atoms. The van der Waals surface area contributed by atoms with Gasteiger partial charge in [-0.15, -0.1) is 0 Å². The van der Waals surface area contributed by atoms with Crippen LogP contribution in [0.4, 0.5) is 0 Å². The molecule has 1 aromatic rings. The summed E-state index contributed by atoms with van der Waals surface area (Å²) in [6.45, 7) is 0. The quantitative estimate of drug-likeness (QED) is 0.449. The van der Waals surface area contributed by atoms with Crippen LogP contribution in [-0.2, 0) is 0 Å². The van der Waals surface area contributed by atoms with Crippen LogP contribution in [0.3, 0.4) is 0 Å². The molecule has 0 aliphatic heterocycles. The summed E-state index contributed by atoms with van der Waals surface area (Å²) in [4.78, 5) is 0. The van der Waals surface area contributed by atoms with Crippen molar-refractivity contribution in [2.24, 2.45) is 10.3 Å². The average Bonchev–Trinajstić information content (AvgIpc) is 2.28. The third-order valence-corrected chi connectivity index (χ3v) is 2.75. The lowest BCUT2D eigenvalue weighted by Crippen LogP contribution is -1.96. The Morgan fingerprint density at radius 2 is 1.94 bits per heavy atom. The van der Waals surface area contributed by atoms with Crippen molar-refractivity contribution in [3.05, 3.63) is 21.7 Å². The second-order valence-electron chi connectivity index (χ2n) is 2.73. The van der Waals surface area contributed by atoms with Crippen LogP contribution in [0.1, 0.15) is 11.1 Å². The maximum Gasteiger partial charge on any atom is 0.167 e. The number of hydrogen-bond acceptors (Lipinski definition) is 6. The van der Waals surface area contributed by atoms with Crippen molar-refractivity contribution in [2.75, 3.05) is 7.11 Å². The first-order valence-corrected chi connectivity index (χ1v) is 4.89. The minimum Gasteiger partial charge on any atom is -0.504 e. The number of phenolic OH excluding ortho intramolecular Hbond substituents is 1. The van der Waals surface area contributed by atoms with E-state index in [-0.39, 0.29) is 17.1 Å². The summed E-state index contributed by atoms with van der Waals surface area (Å²) in [6, 6.07) is 1.47. The lowest BCUT2D eigenvalue weighted by atomic mass is 10.1. The molecule has 0 radical (unpaired) electrons. The molecule has 3 N–H and O–H groups in total. The van der Waals surface area contributed by atoms with E-state index < -0.39 is 0 Å². The van der Waals surface area contributed by atoms with Gasteiger partial charge in [-0.3, -0.25) is 0 Å². The standard InChI is InChI=1S/C9H9BrN2O4/c1-16-7-2-5(3-11-14)8(10)6(4-12-15)9(7)13/h2-4,13-15H,1H3/b11-3+,12-4+. The third-order valence-electron chi connectivity index (χ3n) is 1.87. The lowest BCUT2D eigenvalue weighted by molar-refractivity contribution is 0.321. The molecule has 6 nitrogen and oxygen atoms in total. The fourth-order valence-corrected chi connectivity index (χ4v) is 1.66. The van der Waals surface area contributed by atoms with Gasteiger partial charge >= 0.3 is 0 Å². The number of oxime groups is 2. The van der Waals surface area contributed by atoms with Crippen molar-refractivity contribution in [3.63, 3.8) is 0 Å². The van der Waals surface area contributed by atoms with Gasteiger partial charge in [0.1, 0.15) is 0 Å². The first kappa shape index (κ1) is 12.3. The van der Waals surface area contributed by atoms with Crippen molar-refractivity contribution in [1.29, 1.82) is 0 Å². The van der Waals surface area contributed by atoms with Gasteiger partial charge in [-0.05, 0) is 22.0 Å². The molecule has 0 aliphatic rings. The largest absolute Gasteiger partial charge is 0.504 e. The number of phenols is 1. The fourth-order valence-electron chi connectivity index (χ4n) is 1.15. The molecule has 7 heteroatoms. The normalized spacial score (nSPS) is 11.4. The first-order chi connectivity index (χ1) is 7.65. The van der Waals surface area contributed by atoms with Gasteiger partial charge in [0, 0.05) is 10.0 Å². The number of nitrogens with zero attached hydrogens (tertiary/aromatic N) is 2. The highest BCUT2D eigenvalue weighted by molar-refractivity contribution is 9.10. The van der Waals surface area contributed by atoms with E-state index in [0.29, 0.717) is 10.0 Å². The summed E-state index contributed by atoms with van der Waals surface area (Å²) in [5.74, 6) is -0.00438. The van der Waals surface area contributed by atoms with Crippen molar-refractivity contribution in [3.8, 4) is 11.5 Å². The topological polar surface area (TPSA) is 94.6 Å². The molecule has 0 amide bonds. The fraction of sp³-hybridized carbons (Fsp3) is 0.111. The third kappa shape index (κ3) is 2.25. The molecule has 0 saturated carbocycles. The number of methoxy groups -OCH3 is 1. The lowest BCUT2D eigenvalue weighted by Gasteiger charge is -2.09. The van der Waals surface area contributed by atoms with Crippen molar-refractivity contribution >= 4 is 28.4 Å². The van der Waals surface area contributed by atoms with Crippen LogP contribution in [-0.4, -0.2) is 35.1 Å². The maximum absolute atomic E-state index is 9.73. The maximum atomic E-state index is 9.73. The van der Waals surface area contributed by atoms with E-state index in [9.17, 15) is 5.11 Å². The van der Waals surface area contributed by atoms with Gasteiger partial charge in [0.15, 0.2) is 11.5 Å². The van der Waals surface area contributed by atoms with E-state index in [1.165, 1.54) is 13.2 Å². The second-order valence-corrected chi connectivity index (χ2v) is 3.53. The van der Waals surface area contributed by atoms with Crippen LogP contribution < -0.4 is 4.74 Å². The SMILES string of the molecule is COc1cc(/C=N/O)c(Br)c(/C=N/O)c1O. The molecular weight excluding hydrogens is 280 g/mol. The zero-order valence-corrected chi connectivity index (χ0v) is 9.84. The average molecular weight is 289 g/mol. The molecule has 1 rings (SSSR count). The van der Waals surface area contributed by atoms with E-state index in [4.69, 9.17) is 15.2 Å². The molecule has 1 aromatic carbocycles. The minimum atomic E-state index is -0.178. The molecule has 0 atom stereocenters. The van der Waals surface area contributed by atoms with Gasteiger partial charge in [0.05, 0.1) is 25.1 Å².